The first kappa shape index (κ1) is 37.6. The van der Waals surface area contributed by atoms with Crippen molar-refractivity contribution in [2.45, 2.75) is 76.0 Å². The molecule has 0 atom stereocenters. The summed E-state index contributed by atoms with van der Waals surface area (Å²) in [5.74, 6) is 0. The van der Waals surface area contributed by atoms with Crippen LogP contribution in [0.2, 0.25) is 0 Å². The summed E-state index contributed by atoms with van der Waals surface area (Å²) in [6.45, 7) is 14.7. The van der Waals surface area contributed by atoms with E-state index in [1.165, 1.54) is 90.7 Å². The van der Waals surface area contributed by atoms with Crippen molar-refractivity contribution in [3.63, 3.8) is 0 Å². The average molecular weight is 788 g/mol. The van der Waals surface area contributed by atoms with Crippen LogP contribution in [0.5, 0.6) is 0 Å². The van der Waals surface area contributed by atoms with Gasteiger partial charge in [0.15, 0.2) is 0 Å². The van der Waals surface area contributed by atoms with E-state index in [1.807, 2.05) is 0 Å². The zero-order chi connectivity index (χ0) is 41.7. The van der Waals surface area contributed by atoms with Crippen molar-refractivity contribution >= 4 is 17.1 Å². The smallest absolute Gasteiger partial charge is 0.0714 e. The molecule has 0 saturated heterocycles. The molecule has 8 aromatic carbocycles. The van der Waals surface area contributed by atoms with Gasteiger partial charge in [0.2, 0.25) is 0 Å². The van der Waals surface area contributed by atoms with Gasteiger partial charge in [-0.3, -0.25) is 0 Å². The van der Waals surface area contributed by atoms with Gasteiger partial charge in [0.05, 0.1) is 11.1 Å². The number of nitrogens with zero attached hydrogens (tertiary/aromatic N) is 1. The molecular formula is C60H53N. The van der Waals surface area contributed by atoms with Crippen molar-refractivity contribution in [1.29, 1.82) is 0 Å². The molecule has 0 heterocycles. The highest BCUT2D eigenvalue weighted by Crippen LogP contribution is 2.59. The van der Waals surface area contributed by atoms with Gasteiger partial charge in [0.25, 0.3) is 0 Å². The molecule has 0 amide bonds. The predicted molar refractivity (Wildman–Crippen MR) is 257 cm³/mol. The zero-order valence-corrected chi connectivity index (χ0v) is 36.3. The van der Waals surface area contributed by atoms with Crippen LogP contribution >= 0.6 is 0 Å². The molecule has 1 nitrogen and oxygen atoms in total. The second-order valence-corrected chi connectivity index (χ2v) is 19.5. The van der Waals surface area contributed by atoms with Gasteiger partial charge in [0.1, 0.15) is 0 Å². The summed E-state index contributed by atoms with van der Waals surface area (Å²) in [5, 5.41) is 0. The third-order valence-electron chi connectivity index (χ3n) is 14.8. The fourth-order valence-electron chi connectivity index (χ4n) is 11.6. The van der Waals surface area contributed by atoms with Gasteiger partial charge in [-0.2, -0.15) is 0 Å². The van der Waals surface area contributed by atoms with E-state index in [0.717, 1.165) is 17.1 Å². The Morgan fingerprint density at radius 3 is 1.51 bits per heavy atom. The van der Waals surface area contributed by atoms with Crippen molar-refractivity contribution in [3.8, 4) is 33.4 Å². The summed E-state index contributed by atoms with van der Waals surface area (Å²) < 4.78 is 0. The highest BCUT2D eigenvalue weighted by atomic mass is 15.1. The SMILES string of the molecule is CC1(C)CCC(C)(C)c2cc3c(cc21)-c1cccc(-c2ccccc2N(c2ccccc2)c2ccc4c(c2)C(c2ccccc2)(c2ccccc2)c2ccccc2-4)c1C3(C)C. The number of rotatable bonds is 6. The molecule has 11 rings (SSSR count). The van der Waals surface area contributed by atoms with Crippen LogP contribution in [0.3, 0.4) is 0 Å². The monoisotopic (exact) mass is 787 g/mol. The van der Waals surface area contributed by atoms with Gasteiger partial charge in [-0.1, -0.05) is 193 Å². The molecule has 0 fully saturated rings. The largest absolute Gasteiger partial charge is 0.310 e. The Morgan fingerprint density at radius 2 is 0.852 bits per heavy atom. The van der Waals surface area contributed by atoms with E-state index in [0.29, 0.717) is 0 Å². The van der Waals surface area contributed by atoms with Crippen molar-refractivity contribution in [1.82, 2.24) is 0 Å². The maximum Gasteiger partial charge on any atom is 0.0714 e. The van der Waals surface area contributed by atoms with Gasteiger partial charge in [-0.05, 0) is 132 Å². The molecule has 0 spiro atoms. The molecule has 298 valence electrons. The third kappa shape index (κ3) is 5.46. The molecular weight excluding hydrogens is 735 g/mol. The summed E-state index contributed by atoms with van der Waals surface area (Å²) in [5.41, 5.74) is 22.0. The highest BCUT2D eigenvalue weighted by molar-refractivity contribution is 5.96. The van der Waals surface area contributed by atoms with E-state index in [9.17, 15) is 0 Å². The van der Waals surface area contributed by atoms with Crippen LogP contribution in [-0.2, 0) is 21.7 Å². The Kier molecular flexibility index (Phi) is 8.33. The fraction of sp³-hybridized carbons (Fsp3) is 0.200. The van der Waals surface area contributed by atoms with Crippen molar-refractivity contribution in [2.24, 2.45) is 0 Å². The van der Waals surface area contributed by atoms with Gasteiger partial charge < -0.3 is 4.90 Å². The van der Waals surface area contributed by atoms with Gasteiger partial charge in [-0.15, -0.1) is 0 Å². The summed E-state index contributed by atoms with van der Waals surface area (Å²) in [7, 11) is 0. The maximum absolute atomic E-state index is 2.60. The van der Waals surface area contributed by atoms with Crippen LogP contribution < -0.4 is 4.90 Å². The topological polar surface area (TPSA) is 3.24 Å². The lowest BCUT2D eigenvalue weighted by atomic mass is 9.62. The van der Waals surface area contributed by atoms with Gasteiger partial charge >= 0.3 is 0 Å². The van der Waals surface area contributed by atoms with Crippen LogP contribution in [0.25, 0.3) is 33.4 Å². The molecule has 0 N–H and O–H groups in total. The number of hydrogen-bond acceptors (Lipinski definition) is 1. The van der Waals surface area contributed by atoms with Crippen molar-refractivity contribution < 1.29 is 0 Å². The number of fused-ring (bicyclic) bond motifs is 7. The maximum atomic E-state index is 2.60. The summed E-state index contributed by atoms with van der Waals surface area (Å²) >= 11 is 0. The standard InChI is InChI=1S/C60H53N/c1-57(2)35-36-58(3,4)54-39-51-49(38-53(54)57)48-30-20-29-47(56(48)59(51,5)6)46-28-17-19-32-55(46)61(42-25-14-9-15-26-42)43-33-34-45-44-27-16-18-31-50(44)60(52(45)37-43,40-21-10-7-11-22-40)41-23-12-8-13-24-41/h7-34,37-39H,35-36H2,1-6H3. The number of benzene rings is 8. The minimum Gasteiger partial charge on any atom is -0.310 e. The first-order chi connectivity index (χ1) is 29.5. The van der Waals surface area contributed by atoms with E-state index in [1.54, 1.807) is 0 Å². The fourth-order valence-corrected chi connectivity index (χ4v) is 11.6. The second-order valence-electron chi connectivity index (χ2n) is 19.5. The quantitative estimate of drug-likeness (QED) is 0.162. The molecule has 0 aliphatic heterocycles. The Bertz CT molecular complexity index is 2950. The van der Waals surface area contributed by atoms with E-state index < -0.39 is 5.41 Å². The minimum atomic E-state index is -0.495. The average Bonchev–Trinajstić information content (AvgIpc) is 3.71. The first-order valence-electron chi connectivity index (χ1n) is 22.2. The van der Waals surface area contributed by atoms with Crippen LogP contribution in [-0.4, -0.2) is 0 Å². The molecule has 1 heteroatoms. The molecule has 0 radical (unpaired) electrons. The number of hydrogen-bond donors (Lipinski definition) is 0. The van der Waals surface area contributed by atoms with Gasteiger partial charge in [-0.25, -0.2) is 0 Å². The van der Waals surface area contributed by atoms with E-state index >= 15 is 0 Å². The van der Waals surface area contributed by atoms with Crippen molar-refractivity contribution in [2.75, 3.05) is 4.90 Å². The molecule has 0 bridgehead atoms. The first-order valence-corrected chi connectivity index (χ1v) is 22.2. The number of para-hydroxylation sites is 2. The lowest BCUT2D eigenvalue weighted by Crippen LogP contribution is -2.34. The minimum absolute atomic E-state index is 0.142. The predicted octanol–water partition coefficient (Wildman–Crippen LogP) is 15.8. The summed E-state index contributed by atoms with van der Waals surface area (Å²) in [6, 6.07) is 70.8. The van der Waals surface area contributed by atoms with E-state index in [-0.39, 0.29) is 16.2 Å². The van der Waals surface area contributed by atoms with Crippen molar-refractivity contribution in [3.05, 3.63) is 233 Å². The third-order valence-corrected chi connectivity index (χ3v) is 14.8. The van der Waals surface area contributed by atoms with Crippen LogP contribution in [0, 0.1) is 0 Å². The molecule has 0 aromatic heterocycles. The van der Waals surface area contributed by atoms with Crippen LogP contribution in [0.4, 0.5) is 17.1 Å². The Labute approximate surface area is 362 Å². The number of anilines is 3. The highest BCUT2D eigenvalue weighted by Gasteiger charge is 2.47. The van der Waals surface area contributed by atoms with Crippen LogP contribution in [0.1, 0.15) is 98.9 Å². The Hall–Kier alpha value is -6.44. The summed E-state index contributed by atoms with van der Waals surface area (Å²) in [4.78, 5) is 2.50. The lowest BCUT2D eigenvalue weighted by molar-refractivity contribution is 0.331. The molecule has 8 aromatic rings. The van der Waals surface area contributed by atoms with E-state index in [2.05, 4.69) is 234 Å². The lowest BCUT2D eigenvalue weighted by Gasteiger charge is -2.42. The Morgan fingerprint density at radius 1 is 0.344 bits per heavy atom. The zero-order valence-electron chi connectivity index (χ0n) is 36.3. The normalized spacial score (nSPS) is 16.8. The van der Waals surface area contributed by atoms with Gasteiger partial charge in [0, 0.05) is 22.4 Å². The second kappa shape index (κ2) is 13.5. The molecule has 0 saturated carbocycles. The summed E-state index contributed by atoms with van der Waals surface area (Å²) in [6.07, 6.45) is 2.41. The van der Waals surface area contributed by atoms with Crippen LogP contribution in [0.15, 0.2) is 188 Å². The van der Waals surface area contributed by atoms with E-state index in [4.69, 9.17) is 0 Å². The molecule has 61 heavy (non-hydrogen) atoms. The Balaban J connectivity index is 1.14. The molecule has 3 aliphatic rings. The molecule has 0 unspecified atom stereocenters. The molecule has 3 aliphatic carbocycles.